The first kappa shape index (κ1) is 14.9. The fourth-order valence-corrected chi connectivity index (χ4v) is 2.59. The van der Waals surface area contributed by atoms with Crippen molar-refractivity contribution in [3.63, 3.8) is 0 Å². The molecule has 0 aliphatic carbocycles. The molecule has 0 saturated heterocycles. The third-order valence-electron chi connectivity index (χ3n) is 3.37. The van der Waals surface area contributed by atoms with Gasteiger partial charge in [-0.25, -0.2) is 0 Å². The Hall–Kier alpha value is -1.47. The highest BCUT2D eigenvalue weighted by molar-refractivity contribution is 6.17. The number of rotatable bonds is 6. The molecule has 0 atom stereocenters. The average molecular weight is 289 g/mol. The smallest absolute Gasteiger partial charge is 0.125 e. The van der Waals surface area contributed by atoms with Gasteiger partial charge in [-0.2, -0.15) is 0 Å². The molecule has 0 amide bonds. The maximum absolute atomic E-state index is 5.95. The molecular weight excluding hydrogens is 268 g/mol. The Morgan fingerprint density at radius 3 is 2.20 bits per heavy atom. The third kappa shape index (κ3) is 4.01. The van der Waals surface area contributed by atoms with Crippen LogP contribution in [0, 0.1) is 13.8 Å². The summed E-state index contributed by atoms with van der Waals surface area (Å²) in [5.41, 5.74) is 4.85. The predicted octanol–water partition coefficient (Wildman–Crippen LogP) is 5.05. The quantitative estimate of drug-likeness (QED) is 0.534. The topological polar surface area (TPSA) is 9.23 Å². The number of aryl methyl sites for hydroxylation is 3. The van der Waals surface area contributed by atoms with Gasteiger partial charge in [0.2, 0.25) is 0 Å². The van der Waals surface area contributed by atoms with E-state index in [0.717, 1.165) is 30.8 Å². The molecule has 2 aromatic rings. The Balaban J connectivity index is 1.88. The van der Waals surface area contributed by atoms with E-state index >= 15 is 0 Å². The van der Waals surface area contributed by atoms with Crippen LogP contribution in [0.1, 0.15) is 28.7 Å². The Bertz CT molecular complexity index is 526. The van der Waals surface area contributed by atoms with E-state index in [2.05, 4.69) is 50.2 Å². The van der Waals surface area contributed by atoms with Gasteiger partial charge in [0.15, 0.2) is 0 Å². The van der Waals surface area contributed by atoms with Crippen LogP contribution in [0.4, 0.5) is 0 Å². The van der Waals surface area contributed by atoms with E-state index in [0.29, 0.717) is 5.88 Å². The molecule has 0 radical (unpaired) electrons. The van der Waals surface area contributed by atoms with Crippen LogP contribution in [0.15, 0.2) is 42.5 Å². The Labute approximate surface area is 126 Å². The molecule has 20 heavy (non-hydrogen) atoms. The van der Waals surface area contributed by atoms with Gasteiger partial charge in [0.05, 0.1) is 6.61 Å². The number of halogens is 1. The SMILES string of the molecule is Cc1cc(CCl)cc(C)c1OCCCc1ccccc1. The van der Waals surface area contributed by atoms with Crippen LogP contribution in [-0.4, -0.2) is 6.61 Å². The molecule has 2 aromatic carbocycles. The second-order valence-electron chi connectivity index (χ2n) is 5.13. The molecule has 0 unspecified atom stereocenters. The van der Waals surface area contributed by atoms with Crippen molar-refractivity contribution in [2.75, 3.05) is 6.61 Å². The second-order valence-corrected chi connectivity index (χ2v) is 5.40. The van der Waals surface area contributed by atoms with Gasteiger partial charge >= 0.3 is 0 Å². The van der Waals surface area contributed by atoms with Crippen LogP contribution >= 0.6 is 11.6 Å². The number of hydrogen-bond donors (Lipinski definition) is 0. The van der Waals surface area contributed by atoms with Gasteiger partial charge in [0.25, 0.3) is 0 Å². The van der Waals surface area contributed by atoms with Gasteiger partial charge in [0.1, 0.15) is 5.75 Å². The van der Waals surface area contributed by atoms with Crippen molar-refractivity contribution >= 4 is 11.6 Å². The van der Waals surface area contributed by atoms with Crippen molar-refractivity contribution in [1.29, 1.82) is 0 Å². The molecule has 2 rings (SSSR count). The van der Waals surface area contributed by atoms with Gasteiger partial charge in [-0.15, -0.1) is 11.6 Å². The highest BCUT2D eigenvalue weighted by atomic mass is 35.5. The molecule has 0 aromatic heterocycles. The molecule has 0 aliphatic heterocycles. The Morgan fingerprint density at radius 2 is 1.60 bits per heavy atom. The summed E-state index contributed by atoms with van der Waals surface area (Å²) < 4.78 is 5.95. The minimum atomic E-state index is 0.552. The van der Waals surface area contributed by atoms with Crippen molar-refractivity contribution < 1.29 is 4.74 Å². The number of ether oxygens (including phenoxy) is 1. The minimum absolute atomic E-state index is 0.552. The van der Waals surface area contributed by atoms with E-state index < -0.39 is 0 Å². The molecule has 2 heteroatoms. The van der Waals surface area contributed by atoms with E-state index in [1.165, 1.54) is 16.7 Å². The number of benzene rings is 2. The summed E-state index contributed by atoms with van der Waals surface area (Å²) in [7, 11) is 0. The fourth-order valence-electron chi connectivity index (χ4n) is 2.44. The molecule has 0 spiro atoms. The van der Waals surface area contributed by atoms with Crippen molar-refractivity contribution in [1.82, 2.24) is 0 Å². The largest absolute Gasteiger partial charge is 0.493 e. The zero-order valence-electron chi connectivity index (χ0n) is 12.2. The van der Waals surface area contributed by atoms with E-state index in [9.17, 15) is 0 Å². The minimum Gasteiger partial charge on any atom is -0.493 e. The molecular formula is C18H21ClO. The Morgan fingerprint density at radius 1 is 0.950 bits per heavy atom. The van der Waals surface area contributed by atoms with Crippen LogP contribution in [-0.2, 0) is 12.3 Å². The summed E-state index contributed by atoms with van der Waals surface area (Å²) in [4.78, 5) is 0. The van der Waals surface area contributed by atoms with Crippen LogP contribution in [0.2, 0.25) is 0 Å². The molecule has 0 bridgehead atoms. The van der Waals surface area contributed by atoms with Gasteiger partial charge < -0.3 is 4.74 Å². The predicted molar refractivity (Wildman–Crippen MR) is 85.7 cm³/mol. The summed E-state index contributed by atoms with van der Waals surface area (Å²) in [6.07, 6.45) is 2.08. The zero-order chi connectivity index (χ0) is 14.4. The van der Waals surface area contributed by atoms with Gasteiger partial charge in [-0.1, -0.05) is 42.5 Å². The van der Waals surface area contributed by atoms with Crippen molar-refractivity contribution in [3.8, 4) is 5.75 Å². The fraction of sp³-hybridized carbons (Fsp3) is 0.333. The van der Waals surface area contributed by atoms with Crippen LogP contribution in [0.3, 0.4) is 0 Å². The molecule has 0 aliphatic rings. The Kier molecular flexibility index (Phi) is 5.49. The lowest BCUT2D eigenvalue weighted by molar-refractivity contribution is 0.307. The highest BCUT2D eigenvalue weighted by Crippen LogP contribution is 2.25. The normalized spacial score (nSPS) is 10.6. The summed E-state index contributed by atoms with van der Waals surface area (Å²) in [5.74, 6) is 1.56. The summed E-state index contributed by atoms with van der Waals surface area (Å²) in [5, 5.41) is 0. The first-order valence-corrected chi connectivity index (χ1v) is 7.57. The number of hydrogen-bond acceptors (Lipinski definition) is 1. The third-order valence-corrected chi connectivity index (χ3v) is 3.68. The van der Waals surface area contributed by atoms with Crippen molar-refractivity contribution in [3.05, 3.63) is 64.7 Å². The lowest BCUT2D eigenvalue weighted by Crippen LogP contribution is -2.02. The first-order chi connectivity index (χ1) is 9.70. The summed E-state index contributed by atoms with van der Waals surface area (Å²) in [6.45, 7) is 4.90. The number of alkyl halides is 1. The second kappa shape index (κ2) is 7.35. The maximum atomic E-state index is 5.95. The van der Waals surface area contributed by atoms with Crippen LogP contribution in [0.5, 0.6) is 5.75 Å². The lowest BCUT2D eigenvalue weighted by atomic mass is 10.1. The molecule has 0 fully saturated rings. The first-order valence-electron chi connectivity index (χ1n) is 7.03. The van der Waals surface area contributed by atoms with E-state index in [-0.39, 0.29) is 0 Å². The van der Waals surface area contributed by atoms with E-state index in [1.54, 1.807) is 0 Å². The van der Waals surface area contributed by atoms with Gasteiger partial charge in [-0.3, -0.25) is 0 Å². The standard InChI is InChI=1S/C18H21ClO/c1-14-11-17(13-19)12-15(2)18(14)20-10-6-9-16-7-4-3-5-8-16/h3-5,7-8,11-12H,6,9-10,13H2,1-2H3. The molecule has 0 heterocycles. The molecule has 106 valence electrons. The molecule has 0 N–H and O–H groups in total. The monoisotopic (exact) mass is 288 g/mol. The van der Waals surface area contributed by atoms with Crippen LogP contribution < -0.4 is 4.74 Å². The maximum Gasteiger partial charge on any atom is 0.125 e. The molecule has 0 saturated carbocycles. The van der Waals surface area contributed by atoms with E-state index in [1.807, 2.05) is 6.07 Å². The van der Waals surface area contributed by atoms with Crippen molar-refractivity contribution in [2.24, 2.45) is 0 Å². The summed E-state index contributed by atoms with van der Waals surface area (Å²) in [6, 6.07) is 14.7. The van der Waals surface area contributed by atoms with Gasteiger partial charge in [-0.05, 0) is 48.9 Å². The lowest BCUT2D eigenvalue weighted by Gasteiger charge is -2.13. The highest BCUT2D eigenvalue weighted by Gasteiger charge is 2.06. The van der Waals surface area contributed by atoms with Crippen molar-refractivity contribution in [2.45, 2.75) is 32.6 Å². The summed E-state index contributed by atoms with van der Waals surface area (Å²) >= 11 is 5.88. The molecule has 1 nitrogen and oxygen atoms in total. The van der Waals surface area contributed by atoms with Crippen LogP contribution in [0.25, 0.3) is 0 Å². The van der Waals surface area contributed by atoms with E-state index in [4.69, 9.17) is 16.3 Å². The average Bonchev–Trinajstić information content (AvgIpc) is 2.46. The van der Waals surface area contributed by atoms with Gasteiger partial charge in [0, 0.05) is 5.88 Å². The zero-order valence-corrected chi connectivity index (χ0v) is 12.9.